The predicted molar refractivity (Wildman–Crippen MR) is 89.7 cm³/mol. The minimum absolute atomic E-state index is 0.207. The van der Waals surface area contributed by atoms with Crippen molar-refractivity contribution in [3.63, 3.8) is 0 Å². The van der Waals surface area contributed by atoms with Crippen molar-refractivity contribution in [2.45, 2.75) is 20.1 Å². The molecule has 0 aliphatic rings. The van der Waals surface area contributed by atoms with Crippen LogP contribution >= 0.6 is 0 Å². The molecule has 0 spiro atoms. The molecule has 0 heterocycles. The lowest BCUT2D eigenvalue weighted by Gasteiger charge is -2.09. The Bertz CT molecular complexity index is 715. The van der Waals surface area contributed by atoms with Crippen LogP contribution in [0.15, 0.2) is 47.5 Å². The first-order valence-corrected chi connectivity index (χ1v) is 7.37. The van der Waals surface area contributed by atoms with Crippen molar-refractivity contribution in [2.75, 3.05) is 7.11 Å². The molecular formula is C18H19FN2O3. The fourth-order valence-electron chi connectivity index (χ4n) is 1.97. The van der Waals surface area contributed by atoms with Gasteiger partial charge in [0.2, 0.25) is 5.91 Å². The third-order valence-corrected chi connectivity index (χ3v) is 3.13. The van der Waals surface area contributed by atoms with Crippen LogP contribution in [0.25, 0.3) is 0 Å². The summed E-state index contributed by atoms with van der Waals surface area (Å²) in [5.74, 6) is 0.591. The highest BCUT2D eigenvalue weighted by atomic mass is 19.1. The molecule has 6 heteroatoms. The second-order valence-corrected chi connectivity index (χ2v) is 5.10. The van der Waals surface area contributed by atoms with Crippen LogP contribution in [0.2, 0.25) is 0 Å². The standard InChI is InChI=1S/C18H19FN2O3/c1-13(22)21-12-20-10-15-7-16(19)9-18(8-15)24-11-14-3-5-17(23-2)6-4-14/h3-9,12H,10-11H2,1-2H3,(H,20,21,22). The van der Waals surface area contributed by atoms with E-state index in [-0.39, 0.29) is 12.5 Å². The van der Waals surface area contributed by atoms with Gasteiger partial charge in [-0.2, -0.15) is 0 Å². The summed E-state index contributed by atoms with van der Waals surface area (Å²) in [6.45, 7) is 1.96. The van der Waals surface area contributed by atoms with Gasteiger partial charge in [0.15, 0.2) is 0 Å². The fraction of sp³-hybridized carbons (Fsp3) is 0.222. The Morgan fingerprint density at radius 1 is 1.17 bits per heavy atom. The van der Waals surface area contributed by atoms with E-state index >= 15 is 0 Å². The van der Waals surface area contributed by atoms with E-state index in [0.717, 1.165) is 11.3 Å². The zero-order chi connectivity index (χ0) is 17.4. The van der Waals surface area contributed by atoms with E-state index in [2.05, 4.69) is 10.3 Å². The number of nitrogens with zero attached hydrogens (tertiary/aromatic N) is 1. The Labute approximate surface area is 140 Å². The molecule has 1 N–H and O–H groups in total. The number of aliphatic imine (C=N–C) groups is 1. The van der Waals surface area contributed by atoms with Crippen LogP contribution in [0.5, 0.6) is 11.5 Å². The summed E-state index contributed by atoms with van der Waals surface area (Å²) < 4.78 is 24.4. The molecule has 0 unspecified atom stereocenters. The van der Waals surface area contributed by atoms with Gasteiger partial charge in [0.25, 0.3) is 0 Å². The average Bonchev–Trinajstić information content (AvgIpc) is 2.57. The van der Waals surface area contributed by atoms with Crippen LogP contribution < -0.4 is 14.8 Å². The maximum absolute atomic E-state index is 13.7. The number of hydrogen-bond donors (Lipinski definition) is 1. The summed E-state index contributed by atoms with van der Waals surface area (Å²) in [6, 6.07) is 11.9. The summed E-state index contributed by atoms with van der Waals surface area (Å²) >= 11 is 0. The third kappa shape index (κ3) is 5.72. The Balaban J connectivity index is 1.96. The number of hydrogen-bond acceptors (Lipinski definition) is 4. The Morgan fingerprint density at radius 2 is 1.92 bits per heavy atom. The number of methoxy groups -OCH3 is 1. The van der Waals surface area contributed by atoms with E-state index in [4.69, 9.17) is 9.47 Å². The van der Waals surface area contributed by atoms with E-state index in [0.29, 0.717) is 17.9 Å². The van der Waals surface area contributed by atoms with Gasteiger partial charge in [-0.15, -0.1) is 0 Å². The van der Waals surface area contributed by atoms with Crippen molar-refractivity contribution in [1.82, 2.24) is 5.32 Å². The highest BCUT2D eigenvalue weighted by Crippen LogP contribution is 2.19. The van der Waals surface area contributed by atoms with Gasteiger partial charge in [-0.1, -0.05) is 12.1 Å². The number of carbonyl (C=O) groups is 1. The summed E-state index contributed by atoms with van der Waals surface area (Å²) in [5.41, 5.74) is 1.60. The molecule has 0 bridgehead atoms. The summed E-state index contributed by atoms with van der Waals surface area (Å²) in [7, 11) is 1.61. The minimum atomic E-state index is -0.396. The summed E-state index contributed by atoms with van der Waals surface area (Å²) in [5, 5.41) is 2.44. The quantitative estimate of drug-likeness (QED) is 0.627. The topological polar surface area (TPSA) is 59.9 Å². The Kier molecular flexibility index (Phi) is 6.31. The fourth-order valence-corrected chi connectivity index (χ4v) is 1.97. The number of carbonyl (C=O) groups excluding carboxylic acids is 1. The van der Waals surface area contributed by atoms with Crippen LogP contribution in [0, 0.1) is 5.82 Å². The number of rotatable bonds is 7. The Morgan fingerprint density at radius 3 is 2.58 bits per heavy atom. The molecule has 1 amide bonds. The number of nitrogens with one attached hydrogen (secondary N) is 1. The molecule has 5 nitrogen and oxygen atoms in total. The SMILES string of the molecule is COc1ccc(COc2cc(F)cc(CN=CNC(C)=O)c2)cc1. The van der Waals surface area contributed by atoms with Gasteiger partial charge >= 0.3 is 0 Å². The van der Waals surface area contributed by atoms with Gasteiger partial charge in [-0.05, 0) is 35.4 Å². The molecule has 0 saturated carbocycles. The number of benzene rings is 2. The zero-order valence-electron chi connectivity index (χ0n) is 13.6. The Hall–Kier alpha value is -2.89. The highest BCUT2D eigenvalue weighted by molar-refractivity contribution is 5.85. The van der Waals surface area contributed by atoms with Crippen molar-refractivity contribution in [3.05, 3.63) is 59.4 Å². The maximum Gasteiger partial charge on any atom is 0.221 e. The van der Waals surface area contributed by atoms with Crippen LogP contribution in [0.1, 0.15) is 18.1 Å². The summed E-state index contributed by atoms with van der Waals surface area (Å²) in [6.07, 6.45) is 1.30. The van der Waals surface area contributed by atoms with Gasteiger partial charge in [0.05, 0.1) is 20.0 Å². The minimum Gasteiger partial charge on any atom is -0.497 e. The first-order chi connectivity index (χ1) is 11.6. The van der Waals surface area contributed by atoms with Crippen LogP contribution in [0.4, 0.5) is 4.39 Å². The van der Waals surface area contributed by atoms with Gasteiger partial charge in [-0.3, -0.25) is 9.79 Å². The lowest BCUT2D eigenvalue weighted by Crippen LogP contribution is -2.17. The molecule has 0 fully saturated rings. The average molecular weight is 330 g/mol. The first-order valence-electron chi connectivity index (χ1n) is 7.37. The van der Waals surface area contributed by atoms with Gasteiger partial charge in [-0.25, -0.2) is 4.39 Å². The molecule has 0 radical (unpaired) electrons. The number of ether oxygens (including phenoxy) is 2. The van der Waals surface area contributed by atoms with Gasteiger partial charge < -0.3 is 14.8 Å². The van der Waals surface area contributed by atoms with Crippen molar-refractivity contribution in [2.24, 2.45) is 4.99 Å². The lowest BCUT2D eigenvalue weighted by molar-refractivity contribution is -0.117. The summed E-state index contributed by atoms with van der Waals surface area (Å²) in [4.78, 5) is 14.7. The second kappa shape index (κ2) is 8.67. The van der Waals surface area contributed by atoms with Gasteiger partial charge in [0.1, 0.15) is 23.9 Å². The van der Waals surface area contributed by atoms with E-state index in [9.17, 15) is 9.18 Å². The maximum atomic E-state index is 13.7. The molecule has 2 aromatic carbocycles. The van der Waals surface area contributed by atoms with Gasteiger partial charge in [0, 0.05) is 13.0 Å². The molecule has 0 atom stereocenters. The van der Waals surface area contributed by atoms with Crippen molar-refractivity contribution in [3.8, 4) is 11.5 Å². The second-order valence-electron chi connectivity index (χ2n) is 5.10. The third-order valence-electron chi connectivity index (χ3n) is 3.13. The highest BCUT2D eigenvalue weighted by Gasteiger charge is 2.03. The monoisotopic (exact) mass is 330 g/mol. The van der Waals surface area contributed by atoms with E-state index in [1.54, 1.807) is 13.2 Å². The molecule has 2 rings (SSSR count). The molecule has 0 saturated heterocycles. The van der Waals surface area contributed by atoms with Crippen molar-refractivity contribution in [1.29, 1.82) is 0 Å². The zero-order valence-corrected chi connectivity index (χ0v) is 13.6. The smallest absolute Gasteiger partial charge is 0.221 e. The lowest BCUT2D eigenvalue weighted by atomic mass is 10.2. The number of amides is 1. The van der Waals surface area contributed by atoms with E-state index < -0.39 is 5.82 Å². The van der Waals surface area contributed by atoms with Crippen LogP contribution in [-0.4, -0.2) is 19.4 Å². The molecule has 126 valence electrons. The van der Waals surface area contributed by atoms with E-state index in [1.165, 1.54) is 25.4 Å². The first kappa shape index (κ1) is 17.5. The molecule has 0 aliphatic heterocycles. The normalized spacial score (nSPS) is 10.6. The molecule has 24 heavy (non-hydrogen) atoms. The number of halogens is 1. The van der Waals surface area contributed by atoms with Crippen molar-refractivity contribution >= 4 is 12.2 Å². The van der Waals surface area contributed by atoms with Crippen LogP contribution in [0.3, 0.4) is 0 Å². The molecule has 0 aliphatic carbocycles. The largest absolute Gasteiger partial charge is 0.497 e. The predicted octanol–water partition coefficient (Wildman–Crippen LogP) is 3.08. The molecule has 2 aromatic rings. The van der Waals surface area contributed by atoms with Crippen molar-refractivity contribution < 1.29 is 18.7 Å². The van der Waals surface area contributed by atoms with E-state index in [1.807, 2.05) is 24.3 Å². The molecule has 0 aromatic heterocycles. The van der Waals surface area contributed by atoms with Crippen LogP contribution in [-0.2, 0) is 17.9 Å². The molecular weight excluding hydrogens is 311 g/mol.